The molecular weight excluding hydrogens is 192 g/mol. The van der Waals surface area contributed by atoms with Gasteiger partial charge in [-0.25, -0.2) is 0 Å². The number of rotatable bonds is 3. The van der Waals surface area contributed by atoms with E-state index >= 15 is 0 Å². The van der Waals surface area contributed by atoms with Gasteiger partial charge in [-0.05, 0) is 18.5 Å². The third kappa shape index (κ3) is 3.40. The quantitative estimate of drug-likeness (QED) is 0.597. The van der Waals surface area contributed by atoms with Crippen molar-refractivity contribution in [1.29, 1.82) is 0 Å². The monoisotopic (exact) mass is 202 g/mol. The number of nitro benzene ring substituents is 1. The molecule has 0 amide bonds. The average molecular weight is 203 g/mol. The fourth-order valence-corrected chi connectivity index (χ4v) is 0.992. The minimum atomic E-state index is -0.403. The lowest BCUT2D eigenvalue weighted by molar-refractivity contribution is -0.384. The van der Waals surface area contributed by atoms with E-state index in [1.165, 1.54) is 6.07 Å². The molecule has 0 atom stereocenters. The summed E-state index contributed by atoms with van der Waals surface area (Å²) in [5.41, 5.74) is 6.35. The van der Waals surface area contributed by atoms with Gasteiger partial charge in [0.2, 0.25) is 0 Å². The molecule has 0 saturated heterocycles. The largest absolute Gasteiger partial charge is 0.330 e. The maximum atomic E-state index is 10.3. The Labute approximate surface area is 82.3 Å². The summed E-state index contributed by atoms with van der Waals surface area (Å²) >= 11 is 0. The van der Waals surface area contributed by atoms with Crippen LogP contribution in [-0.4, -0.2) is 11.5 Å². The van der Waals surface area contributed by atoms with E-state index in [0.29, 0.717) is 13.0 Å². The van der Waals surface area contributed by atoms with Gasteiger partial charge in [-0.15, -0.1) is 12.4 Å². The minimum Gasteiger partial charge on any atom is -0.330 e. The molecule has 0 saturated carbocycles. The topological polar surface area (TPSA) is 69.2 Å². The molecule has 72 valence electrons. The summed E-state index contributed by atoms with van der Waals surface area (Å²) in [5.74, 6) is 0. The van der Waals surface area contributed by atoms with E-state index in [1.54, 1.807) is 12.1 Å². The molecule has 1 rings (SSSR count). The molecule has 0 aliphatic rings. The first-order valence-electron chi connectivity index (χ1n) is 3.67. The summed E-state index contributed by atoms with van der Waals surface area (Å²) in [5, 5.41) is 10.3. The van der Waals surface area contributed by atoms with Crippen molar-refractivity contribution >= 4 is 18.1 Å². The summed E-state index contributed by atoms with van der Waals surface area (Å²) in [4.78, 5) is 9.93. The van der Waals surface area contributed by atoms with E-state index in [-0.39, 0.29) is 18.1 Å². The number of hydrogen-bond donors (Lipinski definition) is 1. The molecule has 1 aromatic carbocycles. The first-order chi connectivity index (χ1) is 5.74. The summed E-state index contributed by atoms with van der Waals surface area (Å²) in [7, 11) is 0. The molecule has 0 bridgehead atoms. The predicted octanol–water partition coefficient (Wildman–Crippen LogP) is 1.52. The number of nitro groups is 1. The predicted molar refractivity (Wildman–Crippen MR) is 53.1 cm³/mol. The summed E-state index contributed by atoms with van der Waals surface area (Å²) < 4.78 is 0. The number of nitrogens with two attached hydrogens (primary N) is 1. The highest BCUT2D eigenvalue weighted by Crippen LogP contribution is 2.12. The normalized spacial score (nSPS) is 9.00. The third-order valence-corrected chi connectivity index (χ3v) is 1.55. The van der Waals surface area contributed by atoms with Gasteiger partial charge in [-0.2, -0.15) is 0 Å². The lowest BCUT2D eigenvalue weighted by Gasteiger charge is -1.96. The molecule has 4 nitrogen and oxygen atoms in total. The van der Waals surface area contributed by atoms with Crippen LogP contribution in [0.1, 0.15) is 5.56 Å². The van der Waals surface area contributed by atoms with Crippen LogP contribution in [0.25, 0.3) is 0 Å². The van der Waals surface area contributed by atoms with Crippen molar-refractivity contribution < 1.29 is 4.92 Å². The maximum absolute atomic E-state index is 10.3. The van der Waals surface area contributed by atoms with Crippen molar-refractivity contribution in [3.8, 4) is 0 Å². The van der Waals surface area contributed by atoms with Crippen LogP contribution in [-0.2, 0) is 6.42 Å². The molecule has 5 heteroatoms. The van der Waals surface area contributed by atoms with Gasteiger partial charge in [-0.3, -0.25) is 10.1 Å². The molecule has 0 aromatic heterocycles. The van der Waals surface area contributed by atoms with Crippen LogP contribution >= 0.6 is 12.4 Å². The van der Waals surface area contributed by atoms with E-state index in [0.717, 1.165) is 5.56 Å². The van der Waals surface area contributed by atoms with Gasteiger partial charge in [0, 0.05) is 12.1 Å². The molecule has 0 spiro atoms. The van der Waals surface area contributed by atoms with Crippen LogP contribution in [0, 0.1) is 10.1 Å². The van der Waals surface area contributed by atoms with Crippen molar-refractivity contribution in [2.45, 2.75) is 6.42 Å². The van der Waals surface area contributed by atoms with Crippen LogP contribution in [0.2, 0.25) is 0 Å². The van der Waals surface area contributed by atoms with Gasteiger partial charge >= 0.3 is 0 Å². The lowest BCUT2D eigenvalue weighted by Crippen LogP contribution is -2.02. The standard InChI is InChI=1S/C8H10N2O2.ClH/c9-5-4-7-2-1-3-8(6-7)10(11)12;/h1-3,6H,4-5,9H2;1H. The second kappa shape index (κ2) is 5.50. The SMILES string of the molecule is Cl.NCCc1cccc([N+](=O)[O-])c1. The summed E-state index contributed by atoms with van der Waals surface area (Å²) in [6, 6.07) is 6.52. The molecule has 1 aromatic rings. The van der Waals surface area contributed by atoms with Crippen molar-refractivity contribution in [3.63, 3.8) is 0 Å². The molecule has 0 aliphatic heterocycles. The lowest BCUT2D eigenvalue weighted by atomic mass is 10.1. The Balaban J connectivity index is 0.00000144. The average Bonchev–Trinajstić information content (AvgIpc) is 2.05. The van der Waals surface area contributed by atoms with Gasteiger partial charge in [0.15, 0.2) is 0 Å². The summed E-state index contributed by atoms with van der Waals surface area (Å²) in [6.45, 7) is 0.515. The fraction of sp³-hybridized carbons (Fsp3) is 0.250. The first kappa shape index (κ1) is 11.9. The highest BCUT2D eigenvalue weighted by atomic mass is 35.5. The van der Waals surface area contributed by atoms with Gasteiger partial charge < -0.3 is 5.73 Å². The number of halogens is 1. The van der Waals surface area contributed by atoms with E-state index in [2.05, 4.69) is 0 Å². The van der Waals surface area contributed by atoms with Gasteiger partial charge in [0.05, 0.1) is 4.92 Å². The highest BCUT2D eigenvalue weighted by Gasteiger charge is 2.03. The molecule has 0 radical (unpaired) electrons. The van der Waals surface area contributed by atoms with Gasteiger partial charge in [-0.1, -0.05) is 12.1 Å². The van der Waals surface area contributed by atoms with Crippen LogP contribution in [0.4, 0.5) is 5.69 Å². The fourth-order valence-electron chi connectivity index (χ4n) is 0.992. The van der Waals surface area contributed by atoms with Gasteiger partial charge in [0.1, 0.15) is 0 Å². The van der Waals surface area contributed by atoms with E-state index in [4.69, 9.17) is 5.73 Å². The van der Waals surface area contributed by atoms with Crippen molar-refractivity contribution in [2.24, 2.45) is 5.73 Å². The Morgan fingerprint density at radius 1 is 1.46 bits per heavy atom. The van der Waals surface area contributed by atoms with Crippen LogP contribution in [0.3, 0.4) is 0 Å². The van der Waals surface area contributed by atoms with E-state index in [1.807, 2.05) is 6.07 Å². The smallest absolute Gasteiger partial charge is 0.269 e. The van der Waals surface area contributed by atoms with Crippen LogP contribution in [0.15, 0.2) is 24.3 Å². The van der Waals surface area contributed by atoms with Crippen molar-refractivity contribution in [2.75, 3.05) is 6.54 Å². The Hall–Kier alpha value is -1.13. The number of nitrogens with zero attached hydrogens (tertiary/aromatic N) is 1. The van der Waals surface area contributed by atoms with E-state index in [9.17, 15) is 10.1 Å². The number of benzene rings is 1. The Morgan fingerprint density at radius 3 is 2.69 bits per heavy atom. The van der Waals surface area contributed by atoms with Crippen LogP contribution < -0.4 is 5.73 Å². The second-order valence-electron chi connectivity index (χ2n) is 2.47. The van der Waals surface area contributed by atoms with E-state index < -0.39 is 4.92 Å². The molecule has 13 heavy (non-hydrogen) atoms. The van der Waals surface area contributed by atoms with Crippen molar-refractivity contribution in [1.82, 2.24) is 0 Å². The highest BCUT2D eigenvalue weighted by molar-refractivity contribution is 5.85. The summed E-state index contributed by atoms with van der Waals surface area (Å²) in [6.07, 6.45) is 0.682. The molecule has 0 aliphatic carbocycles. The minimum absolute atomic E-state index is 0. The number of non-ortho nitro benzene ring substituents is 1. The Kier molecular flexibility index (Phi) is 5.03. The first-order valence-corrected chi connectivity index (χ1v) is 3.67. The molecule has 0 heterocycles. The zero-order valence-electron chi connectivity index (χ0n) is 6.97. The van der Waals surface area contributed by atoms with Crippen LogP contribution in [0.5, 0.6) is 0 Å². The molecule has 2 N–H and O–H groups in total. The molecule has 0 fully saturated rings. The Bertz CT molecular complexity index is 291. The van der Waals surface area contributed by atoms with Gasteiger partial charge in [0.25, 0.3) is 5.69 Å². The Morgan fingerprint density at radius 2 is 2.15 bits per heavy atom. The second-order valence-corrected chi connectivity index (χ2v) is 2.47. The zero-order valence-corrected chi connectivity index (χ0v) is 7.79. The maximum Gasteiger partial charge on any atom is 0.269 e. The molecular formula is C8H11ClN2O2. The third-order valence-electron chi connectivity index (χ3n) is 1.55. The molecule has 0 unspecified atom stereocenters. The number of hydrogen-bond acceptors (Lipinski definition) is 3. The zero-order chi connectivity index (χ0) is 8.97. The van der Waals surface area contributed by atoms with Crippen molar-refractivity contribution in [3.05, 3.63) is 39.9 Å².